The molecule has 3 unspecified atom stereocenters. The summed E-state index contributed by atoms with van der Waals surface area (Å²) in [6.07, 6.45) is -0.518. The van der Waals surface area contributed by atoms with Crippen LogP contribution in [0.15, 0.2) is 66.4 Å². The highest BCUT2D eigenvalue weighted by Crippen LogP contribution is 2.57. The zero-order chi connectivity index (χ0) is 19.2. The predicted molar refractivity (Wildman–Crippen MR) is 107 cm³/mol. The van der Waals surface area contributed by atoms with Crippen molar-refractivity contribution in [3.05, 3.63) is 77.5 Å². The molecule has 1 aliphatic carbocycles. The standard InChI is InChI=1S/C22H24O4Si/c1-24-20-17(15-11-7-5-8-12-15)19(23)22(20,26-27(2,3)4)21-18(25-21)16-13-9-6-10-14-16/h5-14,18,21H,1-4H3. The molecule has 2 aromatic carbocycles. The van der Waals surface area contributed by atoms with Crippen LogP contribution in [0.1, 0.15) is 17.2 Å². The van der Waals surface area contributed by atoms with Crippen LogP contribution in [0.3, 0.4) is 0 Å². The number of carbonyl (C=O) groups excluding carboxylic acids is 1. The molecular formula is C22H24O4Si. The SMILES string of the molecule is COC1=C(c2ccccc2)C(=O)C1(O[Si](C)(C)C)C1OC1c1ccccc1. The minimum absolute atomic E-state index is 0.0450. The molecule has 2 aliphatic rings. The summed E-state index contributed by atoms with van der Waals surface area (Å²) in [5.74, 6) is 0.543. The highest BCUT2D eigenvalue weighted by atomic mass is 28.4. The van der Waals surface area contributed by atoms with Crippen molar-refractivity contribution in [3.63, 3.8) is 0 Å². The first-order valence-electron chi connectivity index (χ1n) is 9.18. The molecule has 0 saturated carbocycles. The van der Waals surface area contributed by atoms with E-state index in [1.807, 2.05) is 60.7 Å². The molecule has 0 spiro atoms. The number of ether oxygens (including phenoxy) is 2. The predicted octanol–water partition coefficient (Wildman–Crippen LogP) is 4.36. The Morgan fingerprint density at radius 1 is 0.963 bits per heavy atom. The maximum Gasteiger partial charge on any atom is 0.208 e. The number of epoxide rings is 1. The lowest BCUT2D eigenvalue weighted by molar-refractivity contribution is -0.135. The molecule has 1 fully saturated rings. The maximum absolute atomic E-state index is 13.5. The van der Waals surface area contributed by atoms with Crippen LogP contribution in [0.4, 0.5) is 0 Å². The zero-order valence-corrected chi connectivity index (χ0v) is 17.1. The summed E-state index contributed by atoms with van der Waals surface area (Å²) in [6, 6.07) is 19.6. The highest BCUT2D eigenvalue weighted by molar-refractivity contribution is 6.70. The Morgan fingerprint density at radius 2 is 1.56 bits per heavy atom. The first kappa shape index (κ1) is 18.2. The molecule has 1 aliphatic heterocycles. The van der Waals surface area contributed by atoms with Crippen molar-refractivity contribution >= 4 is 19.7 Å². The third-order valence-corrected chi connectivity index (χ3v) is 5.82. The van der Waals surface area contributed by atoms with Gasteiger partial charge < -0.3 is 13.9 Å². The second kappa shape index (κ2) is 6.44. The van der Waals surface area contributed by atoms with Gasteiger partial charge in [-0.3, -0.25) is 4.79 Å². The van der Waals surface area contributed by atoms with E-state index in [-0.39, 0.29) is 18.0 Å². The van der Waals surface area contributed by atoms with E-state index >= 15 is 0 Å². The highest BCUT2D eigenvalue weighted by Gasteiger charge is 2.70. The molecule has 4 nitrogen and oxygen atoms in total. The van der Waals surface area contributed by atoms with Gasteiger partial charge in [0, 0.05) is 0 Å². The number of Topliss-reactive ketones (excluding diaryl/α,β-unsaturated/α-hetero) is 1. The molecule has 0 radical (unpaired) electrons. The van der Waals surface area contributed by atoms with Gasteiger partial charge in [-0.15, -0.1) is 0 Å². The molecule has 5 heteroatoms. The Balaban J connectivity index is 1.77. The summed E-state index contributed by atoms with van der Waals surface area (Å²) in [5.41, 5.74) is 1.35. The van der Waals surface area contributed by atoms with Gasteiger partial charge in [-0.25, -0.2) is 0 Å². The lowest BCUT2D eigenvalue weighted by Crippen LogP contribution is -2.61. The van der Waals surface area contributed by atoms with Crippen LogP contribution in [0, 0.1) is 0 Å². The first-order chi connectivity index (χ1) is 12.9. The van der Waals surface area contributed by atoms with Crippen LogP contribution in [0.2, 0.25) is 19.6 Å². The van der Waals surface area contributed by atoms with Crippen molar-refractivity contribution in [1.82, 2.24) is 0 Å². The molecule has 1 heterocycles. The van der Waals surface area contributed by atoms with Crippen LogP contribution < -0.4 is 0 Å². The Labute approximate surface area is 160 Å². The van der Waals surface area contributed by atoms with Crippen molar-refractivity contribution in [2.75, 3.05) is 7.11 Å². The number of hydrogen-bond donors (Lipinski definition) is 0. The Hall–Kier alpha value is -2.21. The number of rotatable bonds is 6. The van der Waals surface area contributed by atoms with Gasteiger partial charge in [0.1, 0.15) is 18.0 Å². The summed E-state index contributed by atoms with van der Waals surface area (Å²) in [5, 5.41) is 0. The van der Waals surface area contributed by atoms with Crippen LogP contribution in [0.25, 0.3) is 5.57 Å². The average Bonchev–Trinajstić information content (AvgIpc) is 3.45. The van der Waals surface area contributed by atoms with Crippen molar-refractivity contribution < 1.29 is 18.7 Å². The van der Waals surface area contributed by atoms with Crippen LogP contribution >= 0.6 is 0 Å². The largest absolute Gasteiger partial charge is 0.497 e. The summed E-state index contributed by atoms with van der Waals surface area (Å²) >= 11 is 0. The van der Waals surface area contributed by atoms with Crippen molar-refractivity contribution in [2.24, 2.45) is 0 Å². The second-order valence-corrected chi connectivity index (χ2v) is 12.4. The molecular weight excluding hydrogens is 356 g/mol. The number of ketones is 1. The molecule has 2 aromatic rings. The lowest BCUT2D eigenvalue weighted by Gasteiger charge is -2.45. The van der Waals surface area contributed by atoms with E-state index in [1.165, 1.54) is 0 Å². The van der Waals surface area contributed by atoms with E-state index < -0.39 is 13.9 Å². The van der Waals surface area contributed by atoms with Gasteiger partial charge in [-0.1, -0.05) is 60.7 Å². The third-order valence-electron chi connectivity index (χ3n) is 4.88. The van der Waals surface area contributed by atoms with Crippen LogP contribution in [-0.2, 0) is 18.7 Å². The molecule has 4 rings (SSSR count). The van der Waals surface area contributed by atoms with Gasteiger partial charge in [-0.2, -0.15) is 0 Å². The second-order valence-electron chi connectivity index (χ2n) is 7.94. The van der Waals surface area contributed by atoms with Crippen molar-refractivity contribution in [2.45, 2.75) is 37.5 Å². The molecule has 0 amide bonds. The van der Waals surface area contributed by atoms with Crippen LogP contribution in [0.5, 0.6) is 0 Å². The van der Waals surface area contributed by atoms with E-state index in [4.69, 9.17) is 13.9 Å². The normalized spacial score (nSPS) is 27.3. The van der Waals surface area contributed by atoms with Crippen LogP contribution in [-0.4, -0.2) is 32.9 Å². The van der Waals surface area contributed by atoms with E-state index in [0.29, 0.717) is 11.3 Å². The maximum atomic E-state index is 13.5. The summed E-state index contributed by atoms with van der Waals surface area (Å²) < 4.78 is 18.2. The monoisotopic (exact) mass is 380 g/mol. The smallest absolute Gasteiger partial charge is 0.208 e. The molecule has 140 valence electrons. The molecule has 1 saturated heterocycles. The Kier molecular flexibility index (Phi) is 4.33. The minimum Gasteiger partial charge on any atom is -0.497 e. The first-order valence-corrected chi connectivity index (χ1v) is 12.6. The average molecular weight is 381 g/mol. The van der Waals surface area contributed by atoms with Crippen molar-refractivity contribution in [3.8, 4) is 0 Å². The van der Waals surface area contributed by atoms with Gasteiger partial charge in [0.2, 0.25) is 11.4 Å². The lowest BCUT2D eigenvalue weighted by atomic mass is 9.71. The number of hydrogen-bond acceptors (Lipinski definition) is 4. The fraction of sp³-hybridized carbons (Fsp3) is 0.318. The molecule has 3 atom stereocenters. The third kappa shape index (κ3) is 2.96. The number of methoxy groups -OCH3 is 1. The summed E-state index contributed by atoms with van der Waals surface area (Å²) in [7, 11) is -0.457. The van der Waals surface area contributed by atoms with E-state index in [2.05, 4.69) is 19.6 Å². The molecule has 0 N–H and O–H groups in total. The van der Waals surface area contributed by atoms with Gasteiger partial charge in [0.15, 0.2) is 8.32 Å². The van der Waals surface area contributed by atoms with Gasteiger partial charge in [-0.05, 0) is 30.8 Å². The quantitative estimate of drug-likeness (QED) is 0.552. The Bertz CT molecular complexity index is 886. The topological polar surface area (TPSA) is 48.1 Å². The fourth-order valence-electron chi connectivity index (χ4n) is 3.85. The molecule has 0 bridgehead atoms. The zero-order valence-electron chi connectivity index (χ0n) is 16.1. The van der Waals surface area contributed by atoms with E-state index in [0.717, 1.165) is 11.1 Å². The van der Waals surface area contributed by atoms with E-state index in [1.54, 1.807) is 7.11 Å². The van der Waals surface area contributed by atoms with Gasteiger partial charge in [0.05, 0.1) is 12.7 Å². The Morgan fingerprint density at radius 3 is 2.11 bits per heavy atom. The fourth-order valence-corrected chi connectivity index (χ4v) is 5.11. The summed E-state index contributed by atoms with van der Waals surface area (Å²) in [4.78, 5) is 13.5. The van der Waals surface area contributed by atoms with Gasteiger partial charge >= 0.3 is 0 Å². The molecule has 27 heavy (non-hydrogen) atoms. The van der Waals surface area contributed by atoms with Crippen molar-refractivity contribution in [1.29, 1.82) is 0 Å². The summed E-state index contributed by atoms with van der Waals surface area (Å²) in [6.45, 7) is 6.24. The van der Waals surface area contributed by atoms with Gasteiger partial charge in [0.25, 0.3) is 0 Å². The number of carbonyl (C=O) groups is 1. The minimum atomic E-state index is -2.06. The van der Waals surface area contributed by atoms with E-state index in [9.17, 15) is 4.79 Å². The molecule has 0 aromatic heterocycles. The number of benzene rings is 2.